The van der Waals surface area contributed by atoms with Gasteiger partial charge in [-0.05, 0) is 62.6 Å². The van der Waals surface area contributed by atoms with Crippen molar-refractivity contribution in [1.29, 1.82) is 0 Å². The van der Waals surface area contributed by atoms with Gasteiger partial charge in [-0.2, -0.15) is 0 Å². The number of carbonyl (C=O) groups excluding carboxylic acids is 2. The Bertz CT molecular complexity index is 750. The molecule has 6 heteroatoms. The average molecular weight is 433 g/mol. The highest BCUT2D eigenvalue weighted by molar-refractivity contribution is 9.10. The van der Waals surface area contributed by atoms with Crippen LogP contribution in [0.1, 0.15) is 42.3 Å². The van der Waals surface area contributed by atoms with Crippen LogP contribution >= 0.6 is 15.9 Å². The van der Waals surface area contributed by atoms with E-state index in [1.165, 1.54) is 0 Å². The Labute approximate surface area is 168 Å². The lowest BCUT2D eigenvalue weighted by atomic mass is 9.95. The van der Waals surface area contributed by atoms with Gasteiger partial charge in [0.2, 0.25) is 5.91 Å². The summed E-state index contributed by atoms with van der Waals surface area (Å²) < 4.78 is 6.28. The first kappa shape index (κ1) is 19.7. The molecule has 0 saturated carbocycles. The van der Waals surface area contributed by atoms with E-state index in [-0.39, 0.29) is 23.8 Å². The molecule has 1 saturated heterocycles. The Balaban J connectivity index is 1.43. The van der Waals surface area contributed by atoms with E-state index in [2.05, 4.69) is 21.2 Å². The summed E-state index contributed by atoms with van der Waals surface area (Å²) in [4.78, 5) is 26.9. The molecule has 1 unspecified atom stereocenters. The fourth-order valence-electron chi connectivity index (χ4n) is 3.37. The van der Waals surface area contributed by atoms with Crippen LogP contribution in [0.25, 0.3) is 0 Å². The Morgan fingerprint density at radius 3 is 2.56 bits per heavy atom. The summed E-state index contributed by atoms with van der Waals surface area (Å²) >= 11 is 3.38. The number of piperidine rings is 1. The molecule has 0 radical (unpaired) electrons. The van der Waals surface area contributed by atoms with Crippen molar-refractivity contribution in [3.8, 4) is 0 Å². The minimum Gasteiger partial charge on any atom is -0.469 e. The minimum atomic E-state index is -0.0231. The number of likely N-dealkylation sites (tertiary alicyclic amines) is 1. The van der Waals surface area contributed by atoms with Gasteiger partial charge in [-0.1, -0.05) is 15.9 Å². The molecule has 2 heterocycles. The number of aryl methyl sites for hydroxylation is 1. The smallest absolute Gasteiger partial charge is 0.253 e. The third-order valence-electron chi connectivity index (χ3n) is 5.04. The Morgan fingerprint density at radius 1 is 1.22 bits per heavy atom. The number of nitrogens with zero attached hydrogens (tertiary/aromatic N) is 1. The maximum Gasteiger partial charge on any atom is 0.253 e. The van der Waals surface area contributed by atoms with Crippen molar-refractivity contribution in [2.24, 2.45) is 5.92 Å². The monoisotopic (exact) mass is 432 g/mol. The Morgan fingerprint density at radius 2 is 1.93 bits per heavy atom. The lowest BCUT2D eigenvalue weighted by Crippen LogP contribution is -2.44. The maximum absolute atomic E-state index is 12.6. The van der Waals surface area contributed by atoms with Gasteiger partial charge in [-0.3, -0.25) is 9.59 Å². The zero-order valence-corrected chi connectivity index (χ0v) is 17.1. The summed E-state index contributed by atoms with van der Waals surface area (Å²) in [6, 6.07) is 11.3. The normalized spacial score (nSPS) is 16.1. The van der Waals surface area contributed by atoms with E-state index in [1.807, 2.05) is 48.2 Å². The summed E-state index contributed by atoms with van der Waals surface area (Å²) in [5.74, 6) is 1.05. The first-order valence-corrected chi connectivity index (χ1v) is 10.2. The highest BCUT2D eigenvalue weighted by Crippen LogP contribution is 2.20. The van der Waals surface area contributed by atoms with Gasteiger partial charge in [-0.25, -0.2) is 0 Å². The number of hydrogen-bond acceptors (Lipinski definition) is 3. The van der Waals surface area contributed by atoms with Crippen LogP contribution in [0.4, 0.5) is 0 Å². The Kier molecular flexibility index (Phi) is 6.72. The zero-order valence-electron chi connectivity index (χ0n) is 15.5. The molecule has 0 aliphatic carbocycles. The van der Waals surface area contributed by atoms with Gasteiger partial charge < -0.3 is 14.6 Å². The minimum absolute atomic E-state index is 0.0231. The molecule has 1 aromatic heterocycles. The van der Waals surface area contributed by atoms with Gasteiger partial charge in [0.25, 0.3) is 5.91 Å². The van der Waals surface area contributed by atoms with Crippen LogP contribution in [-0.2, 0) is 11.2 Å². The van der Waals surface area contributed by atoms with Crippen LogP contribution in [-0.4, -0.2) is 35.8 Å². The van der Waals surface area contributed by atoms with E-state index >= 15 is 0 Å². The van der Waals surface area contributed by atoms with Crippen molar-refractivity contribution in [1.82, 2.24) is 10.2 Å². The molecule has 0 bridgehead atoms. The van der Waals surface area contributed by atoms with Crippen molar-refractivity contribution >= 4 is 27.7 Å². The predicted octanol–water partition coefficient (Wildman–Crippen LogP) is 4.03. The highest BCUT2D eigenvalue weighted by atomic mass is 79.9. The molecule has 2 amide bonds. The molecule has 1 aliphatic heterocycles. The third-order valence-corrected chi connectivity index (χ3v) is 5.57. The molecule has 2 aromatic rings. The fourth-order valence-corrected chi connectivity index (χ4v) is 3.63. The zero-order chi connectivity index (χ0) is 19.2. The van der Waals surface area contributed by atoms with Gasteiger partial charge in [0.1, 0.15) is 5.76 Å². The van der Waals surface area contributed by atoms with Gasteiger partial charge in [-0.15, -0.1) is 0 Å². The van der Waals surface area contributed by atoms with Crippen molar-refractivity contribution in [2.45, 2.75) is 38.6 Å². The lowest BCUT2D eigenvalue weighted by Gasteiger charge is -2.32. The number of furan rings is 1. The summed E-state index contributed by atoms with van der Waals surface area (Å²) in [5, 5.41) is 3.10. The molecule has 1 N–H and O–H groups in total. The molecule has 1 aromatic carbocycles. The van der Waals surface area contributed by atoms with E-state index in [4.69, 9.17) is 4.42 Å². The number of hydrogen-bond donors (Lipinski definition) is 1. The largest absolute Gasteiger partial charge is 0.469 e. The van der Waals surface area contributed by atoms with Crippen LogP contribution in [0.15, 0.2) is 51.6 Å². The molecule has 144 valence electrons. The second-order valence-corrected chi connectivity index (χ2v) is 8.02. The van der Waals surface area contributed by atoms with Crippen molar-refractivity contribution in [3.63, 3.8) is 0 Å². The summed E-state index contributed by atoms with van der Waals surface area (Å²) in [6.45, 7) is 3.26. The summed E-state index contributed by atoms with van der Waals surface area (Å²) in [7, 11) is 0. The van der Waals surface area contributed by atoms with E-state index in [0.29, 0.717) is 31.5 Å². The van der Waals surface area contributed by atoms with Crippen molar-refractivity contribution in [2.75, 3.05) is 13.1 Å². The molecular weight excluding hydrogens is 408 g/mol. The Hall–Kier alpha value is -2.08. The van der Waals surface area contributed by atoms with Crippen LogP contribution in [0.2, 0.25) is 0 Å². The van der Waals surface area contributed by atoms with Crippen LogP contribution in [0.3, 0.4) is 0 Å². The molecular formula is C21H25BrN2O3. The van der Waals surface area contributed by atoms with E-state index in [0.717, 1.165) is 23.1 Å². The number of carbonyl (C=O) groups is 2. The number of benzene rings is 1. The topological polar surface area (TPSA) is 62.6 Å². The quantitative estimate of drug-likeness (QED) is 0.748. The molecule has 5 nitrogen and oxygen atoms in total. The molecule has 27 heavy (non-hydrogen) atoms. The van der Waals surface area contributed by atoms with Crippen LogP contribution < -0.4 is 5.32 Å². The second kappa shape index (κ2) is 9.22. The van der Waals surface area contributed by atoms with E-state index < -0.39 is 0 Å². The lowest BCUT2D eigenvalue weighted by molar-refractivity contribution is -0.126. The molecule has 1 atom stereocenters. The average Bonchev–Trinajstić information content (AvgIpc) is 3.20. The van der Waals surface area contributed by atoms with Crippen LogP contribution in [0, 0.1) is 5.92 Å². The molecule has 1 aliphatic rings. The standard InChI is InChI=1S/C21H25BrN2O3/c1-15(4-9-19-3-2-14-27-19)23-20(25)16-10-12-24(13-11-16)21(26)17-5-7-18(22)8-6-17/h2-3,5-8,14-16H,4,9-13H2,1H3,(H,23,25). The van der Waals surface area contributed by atoms with Crippen molar-refractivity contribution in [3.05, 3.63) is 58.5 Å². The number of rotatable bonds is 6. The molecule has 0 spiro atoms. The SMILES string of the molecule is CC(CCc1ccco1)NC(=O)C1CCN(C(=O)c2ccc(Br)cc2)CC1. The molecule has 3 rings (SSSR count). The summed E-state index contributed by atoms with van der Waals surface area (Å²) in [5.41, 5.74) is 0.688. The first-order valence-electron chi connectivity index (χ1n) is 9.40. The van der Waals surface area contributed by atoms with Gasteiger partial charge in [0.05, 0.1) is 6.26 Å². The van der Waals surface area contributed by atoms with Gasteiger partial charge >= 0.3 is 0 Å². The van der Waals surface area contributed by atoms with Crippen LogP contribution in [0.5, 0.6) is 0 Å². The van der Waals surface area contributed by atoms with E-state index in [1.54, 1.807) is 6.26 Å². The highest BCUT2D eigenvalue weighted by Gasteiger charge is 2.28. The summed E-state index contributed by atoms with van der Waals surface area (Å²) in [6.07, 6.45) is 4.74. The number of amides is 2. The van der Waals surface area contributed by atoms with E-state index in [9.17, 15) is 9.59 Å². The van der Waals surface area contributed by atoms with Gasteiger partial charge in [0, 0.05) is 41.5 Å². The maximum atomic E-state index is 12.6. The second-order valence-electron chi connectivity index (χ2n) is 7.10. The number of nitrogens with one attached hydrogen (secondary N) is 1. The predicted molar refractivity (Wildman–Crippen MR) is 107 cm³/mol. The third kappa shape index (κ3) is 5.45. The fraction of sp³-hybridized carbons (Fsp3) is 0.429. The molecule has 1 fully saturated rings. The first-order chi connectivity index (χ1) is 13.0. The number of halogens is 1. The van der Waals surface area contributed by atoms with Gasteiger partial charge in [0.15, 0.2) is 0 Å². The van der Waals surface area contributed by atoms with Crippen molar-refractivity contribution < 1.29 is 14.0 Å².